The van der Waals surface area contributed by atoms with E-state index in [1.54, 1.807) is 0 Å². The van der Waals surface area contributed by atoms with Crippen molar-refractivity contribution in [2.45, 2.75) is 130 Å². The lowest BCUT2D eigenvalue weighted by Crippen LogP contribution is -2.08. The van der Waals surface area contributed by atoms with Crippen molar-refractivity contribution >= 4 is 0 Å². The van der Waals surface area contributed by atoms with Crippen LogP contribution in [-0.2, 0) is 0 Å². The molecule has 2 atom stereocenters. The molecule has 2 unspecified atom stereocenters. The third-order valence-corrected chi connectivity index (χ3v) is 5.50. The van der Waals surface area contributed by atoms with Crippen molar-refractivity contribution in [3.05, 3.63) is 0 Å². The summed E-state index contributed by atoms with van der Waals surface area (Å²) in [4.78, 5) is 0. The van der Waals surface area contributed by atoms with Crippen LogP contribution in [0.5, 0.6) is 0 Å². The van der Waals surface area contributed by atoms with Crippen molar-refractivity contribution in [1.82, 2.24) is 0 Å². The molecule has 0 aliphatic rings. The first-order chi connectivity index (χ1) is 10.7. The minimum absolute atomic E-state index is 0.940. The molecule has 0 heterocycles. The Morgan fingerprint density at radius 3 is 1.09 bits per heavy atom. The van der Waals surface area contributed by atoms with Crippen molar-refractivity contribution in [1.29, 1.82) is 0 Å². The predicted molar refractivity (Wildman–Crippen MR) is 104 cm³/mol. The summed E-state index contributed by atoms with van der Waals surface area (Å²) in [5, 5.41) is 0. The van der Waals surface area contributed by atoms with Gasteiger partial charge in [-0.1, -0.05) is 130 Å². The van der Waals surface area contributed by atoms with E-state index >= 15 is 0 Å². The molecule has 0 fully saturated rings. The smallest absolute Gasteiger partial charge is 0.0417 e. The molecule has 0 bridgehead atoms. The monoisotopic (exact) mass is 310 g/mol. The normalized spacial score (nSPS) is 14.2. The molecule has 22 heavy (non-hydrogen) atoms. The maximum absolute atomic E-state index is 2.48. The van der Waals surface area contributed by atoms with E-state index in [9.17, 15) is 0 Å². The van der Waals surface area contributed by atoms with Crippen LogP contribution in [0, 0.1) is 11.8 Å². The zero-order chi connectivity index (χ0) is 16.5. The van der Waals surface area contributed by atoms with Crippen molar-refractivity contribution in [2.24, 2.45) is 11.8 Å². The van der Waals surface area contributed by atoms with E-state index in [-0.39, 0.29) is 0 Å². The van der Waals surface area contributed by atoms with Gasteiger partial charge in [-0.2, -0.15) is 0 Å². The SMILES string of the molecule is CCCCCCCCCCCCCC(C)C(C)CCCCC. The fourth-order valence-corrected chi connectivity index (χ4v) is 3.42. The molecular formula is C22H46. The summed E-state index contributed by atoms with van der Waals surface area (Å²) in [5.41, 5.74) is 0. The fraction of sp³-hybridized carbons (Fsp3) is 1.00. The van der Waals surface area contributed by atoms with E-state index in [2.05, 4.69) is 27.7 Å². The first-order valence-corrected chi connectivity index (χ1v) is 10.7. The van der Waals surface area contributed by atoms with Gasteiger partial charge in [0.15, 0.2) is 0 Å². The molecule has 0 saturated heterocycles. The van der Waals surface area contributed by atoms with E-state index in [1.807, 2.05) is 0 Å². The second-order valence-corrected chi connectivity index (χ2v) is 7.77. The van der Waals surface area contributed by atoms with Crippen molar-refractivity contribution in [3.63, 3.8) is 0 Å². The Kier molecular flexibility index (Phi) is 17.4. The van der Waals surface area contributed by atoms with E-state index < -0.39 is 0 Å². The molecule has 134 valence electrons. The predicted octanol–water partition coefficient (Wildman–Crippen LogP) is 8.54. The number of unbranched alkanes of at least 4 members (excludes halogenated alkanes) is 12. The van der Waals surface area contributed by atoms with Gasteiger partial charge in [0.1, 0.15) is 0 Å². The molecule has 0 N–H and O–H groups in total. The fourth-order valence-electron chi connectivity index (χ4n) is 3.42. The van der Waals surface area contributed by atoms with Gasteiger partial charge < -0.3 is 0 Å². The van der Waals surface area contributed by atoms with Crippen LogP contribution in [0.25, 0.3) is 0 Å². The van der Waals surface area contributed by atoms with Crippen molar-refractivity contribution in [2.75, 3.05) is 0 Å². The standard InChI is InChI=1S/C22H46/c1-5-7-9-10-11-12-13-14-15-16-18-20-22(4)21(3)19-17-8-6-2/h21-22H,5-20H2,1-4H3. The third kappa shape index (κ3) is 14.9. The molecule has 0 radical (unpaired) electrons. The van der Waals surface area contributed by atoms with Gasteiger partial charge in [0.05, 0.1) is 0 Å². The Bertz CT molecular complexity index is 196. The van der Waals surface area contributed by atoms with Crippen LogP contribution < -0.4 is 0 Å². The van der Waals surface area contributed by atoms with Gasteiger partial charge >= 0.3 is 0 Å². The van der Waals surface area contributed by atoms with Crippen LogP contribution >= 0.6 is 0 Å². The highest BCUT2D eigenvalue weighted by molar-refractivity contribution is 4.63. The van der Waals surface area contributed by atoms with Gasteiger partial charge in [0.25, 0.3) is 0 Å². The van der Waals surface area contributed by atoms with Gasteiger partial charge in [-0.25, -0.2) is 0 Å². The molecule has 0 aromatic heterocycles. The van der Waals surface area contributed by atoms with Gasteiger partial charge in [-0.05, 0) is 11.8 Å². The van der Waals surface area contributed by atoms with Crippen LogP contribution in [0.2, 0.25) is 0 Å². The highest BCUT2D eigenvalue weighted by atomic mass is 14.2. The topological polar surface area (TPSA) is 0 Å². The Labute approximate surface area is 142 Å². The van der Waals surface area contributed by atoms with E-state index in [0.717, 1.165) is 11.8 Å². The molecule has 0 aromatic rings. The maximum Gasteiger partial charge on any atom is -0.0417 e. The lowest BCUT2D eigenvalue weighted by molar-refractivity contribution is 0.323. The van der Waals surface area contributed by atoms with Crippen molar-refractivity contribution < 1.29 is 0 Å². The van der Waals surface area contributed by atoms with Gasteiger partial charge in [-0.3, -0.25) is 0 Å². The molecule has 0 spiro atoms. The summed E-state index contributed by atoms with van der Waals surface area (Å²) < 4.78 is 0. The van der Waals surface area contributed by atoms with E-state index in [4.69, 9.17) is 0 Å². The summed E-state index contributed by atoms with van der Waals surface area (Å²) in [6.45, 7) is 9.55. The molecule has 0 aliphatic carbocycles. The molecule has 0 aliphatic heterocycles. The summed E-state index contributed by atoms with van der Waals surface area (Å²) in [5.74, 6) is 1.88. The number of hydrogen-bond acceptors (Lipinski definition) is 0. The summed E-state index contributed by atoms with van der Waals surface area (Å²) in [7, 11) is 0. The second-order valence-electron chi connectivity index (χ2n) is 7.77. The Morgan fingerprint density at radius 1 is 0.409 bits per heavy atom. The zero-order valence-corrected chi connectivity index (χ0v) is 16.5. The molecule has 0 aromatic carbocycles. The first kappa shape index (κ1) is 22.0. The summed E-state index contributed by atoms with van der Waals surface area (Å²) >= 11 is 0. The van der Waals surface area contributed by atoms with Crippen LogP contribution in [0.4, 0.5) is 0 Å². The van der Waals surface area contributed by atoms with Crippen LogP contribution in [0.3, 0.4) is 0 Å². The summed E-state index contributed by atoms with van der Waals surface area (Å²) in [6.07, 6.45) is 23.2. The Morgan fingerprint density at radius 2 is 0.682 bits per heavy atom. The molecule has 0 amide bonds. The molecule has 0 heteroatoms. The highest BCUT2D eigenvalue weighted by Crippen LogP contribution is 2.23. The Balaban J connectivity index is 3.24. The van der Waals surface area contributed by atoms with Gasteiger partial charge in [-0.15, -0.1) is 0 Å². The Hall–Kier alpha value is 0. The maximum atomic E-state index is 2.48. The molecule has 0 nitrogen and oxygen atoms in total. The largest absolute Gasteiger partial charge is 0.0654 e. The number of rotatable bonds is 17. The molecular weight excluding hydrogens is 264 g/mol. The highest BCUT2D eigenvalue weighted by Gasteiger charge is 2.11. The molecule has 0 saturated carbocycles. The molecule has 0 rings (SSSR count). The zero-order valence-electron chi connectivity index (χ0n) is 16.5. The van der Waals surface area contributed by atoms with Gasteiger partial charge in [0, 0.05) is 0 Å². The second kappa shape index (κ2) is 17.4. The number of hydrogen-bond donors (Lipinski definition) is 0. The van der Waals surface area contributed by atoms with Crippen LogP contribution in [0.1, 0.15) is 130 Å². The lowest BCUT2D eigenvalue weighted by Gasteiger charge is -2.19. The minimum Gasteiger partial charge on any atom is -0.0654 e. The quantitative estimate of drug-likeness (QED) is 0.236. The van der Waals surface area contributed by atoms with Crippen LogP contribution in [0.15, 0.2) is 0 Å². The van der Waals surface area contributed by atoms with E-state index in [1.165, 1.54) is 103 Å². The van der Waals surface area contributed by atoms with Crippen molar-refractivity contribution in [3.8, 4) is 0 Å². The van der Waals surface area contributed by atoms with E-state index in [0.29, 0.717) is 0 Å². The third-order valence-electron chi connectivity index (χ3n) is 5.50. The average Bonchev–Trinajstić information content (AvgIpc) is 2.52. The average molecular weight is 311 g/mol. The van der Waals surface area contributed by atoms with Crippen LogP contribution in [-0.4, -0.2) is 0 Å². The summed E-state index contributed by atoms with van der Waals surface area (Å²) in [6, 6.07) is 0. The van der Waals surface area contributed by atoms with Gasteiger partial charge in [0.2, 0.25) is 0 Å². The lowest BCUT2D eigenvalue weighted by atomic mass is 9.87. The minimum atomic E-state index is 0.940. The first-order valence-electron chi connectivity index (χ1n) is 10.7.